The number of unbranched alkanes of at least 4 members (excludes halogenated alkanes) is 3. The van der Waals surface area contributed by atoms with Crippen molar-refractivity contribution in [1.29, 1.82) is 5.41 Å². The van der Waals surface area contributed by atoms with Gasteiger partial charge in [-0.3, -0.25) is 67.7 Å². The zero-order valence-corrected chi connectivity index (χ0v) is 56.6. The van der Waals surface area contributed by atoms with E-state index in [1.807, 2.05) is 0 Å². The second-order valence-electron chi connectivity index (χ2n) is 24.4. The fourth-order valence-corrected chi connectivity index (χ4v) is 9.62. The number of nitrogens with one attached hydrogen (secondary N) is 14. The number of aliphatic hydroxyl groups excluding tert-OH is 2. The van der Waals surface area contributed by atoms with Crippen LogP contribution in [-0.2, 0) is 68.7 Å². The molecular formula is C60H109N21O15. The number of carbonyl (C=O) groups is 13. The highest BCUT2D eigenvalue weighted by Gasteiger charge is 2.38. The van der Waals surface area contributed by atoms with E-state index in [4.69, 9.17) is 39.8 Å². The van der Waals surface area contributed by atoms with Gasteiger partial charge in [0.1, 0.15) is 66.5 Å². The molecule has 28 N–H and O–H groups in total. The van der Waals surface area contributed by atoms with Gasteiger partial charge in [-0.1, -0.05) is 34.6 Å². The molecule has 1 rings (SSSR count). The summed E-state index contributed by atoms with van der Waals surface area (Å²) < 4.78 is 0. The van der Waals surface area contributed by atoms with Gasteiger partial charge >= 0.3 is 0 Å². The average Bonchev–Trinajstić information content (AvgIpc) is 1.02. The van der Waals surface area contributed by atoms with Crippen LogP contribution in [0, 0.1) is 17.2 Å². The van der Waals surface area contributed by atoms with Crippen LogP contribution < -0.4 is 98.2 Å². The summed E-state index contributed by atoms with van der Waals surface area (Å²) in [5, 5.41) is 59.5. The summed E-state index contributed by atoms with van der Waals surface area (Å²) in [6, 6.07) is -15.7. The molecule has 0 aliphatic heterocycles. The molecule has 0 bridgehead atoms. The van der Waals surface area contributed by atoms with Crippen molar-refractivity contribution in [2.45, 2.75) is 237 Å². The Morgan fingerprint density at radius 1 is 0.479 bits per heavy atom. The molecule has 36 heteroatoms. The molecule has 13 amide bonds. The van der Waals surface area contributed by atoms with E-state index in [0.29, 0.717) is 25.0 Å². The number of nitrogens with zero attached hydrogens (tertiary/aromatic N) is 1. The Balaban J connectivity index is 3.58. The van der Waals surface area contributed by atoms with Crippen molar-refractivity contribution in [3.8, 4) is 0 Å². The van der Waals surface area contributed by atoms with Crippen molar-refractivity contribution in [2.75, 3.05) is 26.2 Å². The molecule has 0 spiro atoms. The van der Waals surface area contributed by atoms with E-state index >= 15 is 0 Å². The minimum absolute atomic E-state index is 0.00512. The molecule has 0 aromatic carbocycles. The van der Waals surface area contributed by atoms with Crippen LogP contribution in [0.2, 0.25) is 0 Å². The Kier molecular flexibility index (Phi) is 40.7. The molecule has 0 radical (unpaired) electrons. The van der Waals surface area contributed by atoms with Gasteiger partial charge in [-0.15, -0.1) is 0 Å². The zero-order valence-electron chi connectivity index (χ0n) is 56.6. The first-order valence-electron chi connectivity index (χ1n) is 32.6. The molecule has 544 valence electrons. The monoisotopic (exact) mass is 1360 g/mol. The third kappa shape index (κ3) is 33.2. The Morgan fingerprint density at radius 3 is 1.24 bits per heavy atom. The first-order chi connectivity index (χ1) is 45.2. The lowest BCUT2D eigenvalue weighted by atomic mass is 10.0. The summed E-state index contributed by atoms with van der Waals surface area (Å²) in [6.45, 7) is 12.6. The summed E-state index contributed by atoms with van der Waals surface area (Å²) >= 11 is 0. The van der Waals surface area contributed by atoms with Crippen molar-refractivity contribution < 1.29 is 72.5 Å². The van der Waals surface area contributed by atoms with E-state index in [-0.39, 0.29) is 122 Å². The number of primary amides is 2. The Hall–Kier alpha value is -8.61. The number of imidazole rings is 1. The van der Waals surface area contributed by atoms with Gasteiger partial charge in [0.25, 0.3) is 0 Å². The molecule has 96 heavy (non-hydrogen) atoms. The van der Waals surface area contributed by atoms with Crippen LogP contribution in [0.15, 0.2) is 12.5 Å². The third-order valence-corrected chi connectivity index (χ3v) is 15.1. The van der Waals surface area contributed by atoms with E-state index in [2.05, 4.69) is 73.8 Å². The highest BCUT2D eigenvalue weighted by Crippen LogP contribution is 2.13. The average molecular weight is 1360 g/mol. The summed E-state index contributed by atoms with van der Waals surface area (Å²) in [6.07, 6.45) is 0.734. The summed E-state index contributed by atoms with van der Waals surface area (Å²) in [5.74, 6) is -12.5. The van der Waals surface area contributed by atoms with Crippen LogP contribution >= 0.6 is 0 Å². The van der Waals surface area contributed by atoms with Crippen molar-refractivity contribution in [3.63, 3.8) is 0 Å². The van der Waals surface area contributed by atoms with Gasteiger partial charge in [-0.05, 0) is 136 Å². The fourth-order valence-electron chi connectivity index (χ4n) is 9.62. The number of nitrogens with two attached hydrogens (primary N) is 6. The number of amides is 13. The number of aliphatic hydroxyl groups is 2. The highest BCUT2D eigenvalue weighted by molar-refractivity contribution is 5.99. The van der Waals surface area contributed by atoms with Crippen LogP contribution in [0.3, 0.4) is 0 Å². The fraction of sp³-hybridized carbons (Fsp3) is 0.717. The highest BCUT2D eigenvalue weighted by atomic mass is 16.3. The third-order valence-electron chi connectivity index (χ3n) is 15.1. The van der Waals surface area contributed by atoms with Gasteiger partial charge in [-0.2, -0.15) is 0 Å². The SMILES string of the molecule is CCC(=O)N[C@@H](Cc1cnc[nH]1)C(=O)N[C@@H](CCC(N)=O)C(=O)N[C@@H](CCCCN)C(=O)N[C@@H](CCCNC(=N)N)C(=O)N[C@@H](CCCCN)C(=O)N[C@@H](C)C(=O)N[C@@H](CC(C)C)C(=O)N[C@H](CCCCN)C(=O)N[C@H](C(=O)N[C@H](C(=O)N[C@H](C(N)=O)C(C)C)[C@@H](C)O)[C@@H](C)O. The van der Waals surface area contributed by atoms with E-state index < -0.39 is 161 Å². The quantitative estimate of drug-likeness (QED) is 0.0164. The normalized spacial score (nSPS) is 15.3. The lowest BCUT2D eigenvalue weighted by molar-refractivity contribution is -0.138. The molecule has 0 fully saturated rings. The van der Waals surface area contributed by atoms with Gasteiger partial charge in [0.15, 0.2) is 5.96 Å². The van der Waals surface area contributed by atoms with Crippen LogP contribution in [0.1, 0.15) is 157 Å². The maximum atomic E-state index is 14.5. The van der Waals surface area contributed by atoms with Crippen molar-refractivity contribution in [3.05, 3.63) is 18.2 Å². The number of aromatic amines is 1. The van der Waals surface area contributed by atoms with Crippen LogP contribution in [0.4, 0.5) is 0 Å². The Morgan fingerprint density at radius 2 is 0.865 bits per heavy atom. The van der Waals surface area contributed by atoms with Gasteiger partial charge < -0.3 is 113 Å². The smallest absolute Gasteiger partial charge is 0.245 e. The van der Waals surface area contributed by atoms with Crippen LogP contribution in [0.25, 0.3) is 0 Å². The van der Waals surface area contributed by atoms with Crippen molar-refractivity contribution in [2.24, 2.45) is 46.2 Å². The number of H-pyrrole nitrogens is 1. The number of aromatic nitrogens is 2. The molecule has 1 aromatic heterocycles. The first kappa shape index (κ1) is 85.4. The lowest BCUT2D eigenvalue weighted by Gasteiger charge is -2.29. The minimum Gasteiger partial charge on any atom is -0.391 e. The largest absolute Gasteiger partial charge is 0.391 e. The molecule has 0 saturated carbocycles. The standard InChI is InChI=1S/C60H109N21O15/c1-9-45(85)72-43(28-36-29-68-30-70-36)57(94)77-41(21-22-44(64)84)54(91)74-38(18-11-14-24-62)52(89)75-40(20-16-26-69-60(66)67)53(90)73-37(17-10-13-23-61)51(88)71-33(6)50(87)78-42(27-31(2)3)56(93)76-39(19-12-15-25-63)55(92)80-47(34(7)82)59(96)81-48(35(8)83)58(95)79-46(32(4)5)49(65)86/h29-35,37-43,46-48,82-83H,9-28,61-63H2,1-8H3,(H2,64,84)(H2,65,86)(H,68,70)(H,71,88)(H,72,85)(H,73,90)(H,74,91)(H,75,89)(H,76,93)(H,77,94)(H,78,87)(H,79,95)(H,80,92)(H,81,96)(H4,66,67,69)/t33-,34+,35+,37-,38-,39+,40-,41-,42-,43-,46-,47-,48-/m0/s1. The van der Waals surface area contributed by atoms with E-state index in [1.54, 1.807) is 34.6 Å². The number of carbonyl (C=O) groups excluding carboxylic acids is 13. The lowest BCUT2D eigenvalue weighted by Crippen LogP contribution is -2.63. The maximum absolute atomic E-state index is 14.5. The molecule has 1 heterocycles. The van der Waals surface area contributed by atoms with Crippen molar-refractivity contribution >= 4 is 82.8 Å². The number of hydrogen-bond donors (Lipinski definition) is 22. The number of guanidine groups is 1. The van der Waals surface area contributed by atoms with Crippen molar-refractivity contribution in [1.82, 2.24) is 73.8 Å². The minimum atomic E-state index is -1.77. The number of hydrogen-bond acceptors (Lipinski definition) is 20. The predicted molar refractivity (Wildman–Crippen MR) is 353 cm³/mol. The summed E-state index contributed by atoms with van der Waals surface area (Å²) in [5.41, 5.74) is 34.2. The molecule has 1 aromatic rings. The molecule has 0 unspecified atom stereocenters. The zero-order chi connectivity index (χ0) is 72.8. The van der Waals surface area contributed by atoms with E-state index in [9.17, 15) is 72.5 Å². The van der Waals surface area contributed by atoms with Crippen LogP contribution in [-0.4, -0.2) is 208 Å². The molecule has 13 atom stereocenters. The second kappa shape index (κ2) is 45.7. The summed E-state index contributed by atoms with van der Waals surface area (Å²) in [7, 11) is 0. The van der Waals surface area contributed by atoms with E-state index in [1.165, 1.54) is 33.3 Å². The molecule has 0 saturated heterocycles. The van der Waals surface area contributed by atoms with E-state index in [0.717, 1.165) is 0 Å². The molecule has 0 aliphatic carbocycles. The molecule has 0 aliphatic rings. The number of rotatable bonds is 49. The van der Waals surface area contributed by atoms with Gasteiger partial charge in [-0.25, -0.2) is 4.98 Å². The van der Waals surface area contributed by atoms with Gasteiger partial charge in [0, 0.05) is 37.7 Å². The first-order valence-corrected chi connectivity index (χ1v) is 32.6. The van der Waals surface area contributed by atoms with Crippen LogP contribution in [0.5, 0.6) is 0 Å². The molecular weight excluding hydrogens is 1250 g/mol. The van der Waals surface area contributed by atoms with Gasteiger partial charge in [0.05, 0.1) is 18.5 Å². The van der Waals surface area contributed by atoms with Gasteiger partial charge in [0.2, 0.25) is 76.8 Å². The Labute approximate surface area is 560 Å². The second-order valence-corrected chi connectivity index (χ2v) is 24.4. The summed E-state index contributed by atoms with van der Waals surface area (Å²) in [4.78, 5) is 184. The maximum Gasteiger partial charge on any atom is 0.245 e. The predicted octanol–water partition coefficient (Wildman–Crippen LogP) is -6.42. The molecule has 36 nitrogen and oxygen atoms in total. The Bertz CT molecular complexity index is 2680. The topological polar surface area (TPSA) is 615 Å².